The molecule has 0 saturated carbocycles. The van der Waals surface area contributed by atoms with Gasteiger partial charge in [0.25, 0.3) is 5.91 Å². The van der Waals surface area contributed by atoms with Crippen LogP contribution in [0.1, 0.15) is 11.7 Å². The van der Waals surface area contributed by atoms with Gasteiger partial charge in [0.1, 0.15) is 17.5 Å². The normalized spacial score (nSPS) is 23.2. The molecule has 1 fully saturated rings. The Kier molecular flexibility index (Phi) is 3.88. The Bertz CT molecular complexity index is 886. The Balaban J connectivity index is 1.74. The lowest BCUT2D eigenvalue weighted by atomic mass is 9.85. The number of halogens is 1. The predicted octanol–water partition coefficient (Wildman–Crippen LogP) is 2.66. The summed E-state index contributed by atoms with van der Waals surface area (Å²) in [7, 11) is 1.56. The van der Waals surface area contributed by atoms with E-state index in [0.29, 0.717) is 27.8 Å². The van der Waals surface area contributed by atoms with Gasteiger partial charge < -0.3 is 19.9 Å². The molecule has 0 spiro atoms. The number of benzene rings is 2. The minimum absolute atomic E-state index is 0.223. The number of fused-ring (bicyclic) bond motifs is 2. The summed E-state index contributed by atoms with van der Waals surface area (Å²) in [4.78, 5) is 25.6. The first-order valence-electron chi connectivity index (χ1n) is 7.89. The third-order valence-corrected chi connectivity index (χ3v) is 4.76. The largest absolute Gasteiger partial charge is 0.497 e. The summed E-state index contributed by atoms with van der Waals surface area (Å²) in [6.07, 6.45) is -2.47. The number of ether oxygens (including phenoxy) is 3. The monoisotopic (exact) mass is 374 g/mol. The number of carbonyl (C=O) groups is 2. The fourth-order valence-corrected chi connectivity index (χ4v) is 3.55. The van der Waals surface area contributed by atoms with Crippen LogP contribution < -0.4 is 20.1 Å². The molecule has 2 amide bonds. The smallest absolute Gasteiger partial charge is 0.405 e. The lowest BCUT2D eigenvalue weighted by Gasteiger charge is -2.51. The molecule has 2 aromatic carbocycles. The van der Waals surface area contributed by atoms with Crippen LogP contribution in [0.3, 0.4) is 0 Å². The predicted molar refractivity (Wildman–Crippen MR) is 93.5 cm³/mol. The molecule has 0 aliphatic carbocycles. The first-order chi connectivity index (χ1) is 12.5. The number of primary amides is 1. The number of rotatable bonds is 3. The maximum Gasteiger partial charge on any atom is 0.405 e. The van der Waals surface area contributed by atoms with Crippen molar-refractivity contribution in [2.75, 3.05) is 12.0 Å². The van der Waals surface area contributed by atoms with Gasteiger partial charge in [0.05, 0.1) is 7.11 Å². The van der Waals surface area contributed by atoms with E-state index in [1.807, 2.05) is 0 Å². The molecular formula is C18H15ClN2O5. The number of hydrogen-bond donors (Lipinski definition) is 1. The number of nitrogens with two attached hydrogens (primary N) is 1. The van der Waals surface area contributed by atoms with E-state index in [1.165, 1.54) is 4.90 Å². The van der Waals surface area contributed by atoms with Crippen molar-refractivity contribution >= 4 is 29.3 Å². The zero-order valence-corrected chi connectivity index (χ0v) is 14.5. The molecular weight excluding hydrogens is 360 g/mol. The minimum Gasteiger partial charge on any atom is -0.497 e. The van der Waals surface area contributed by atoms with Crippen molar-refractivity contribution in [2.45, 2.75) is 18.2 Å². The van der Waals surface area contributed by atoms with E-state index in [-0.39, 0.29) is 5.91 Å². The number of methoxy groups -OCH3 is 1. The van der Waals surface area contributed by atoms with E-state index in [9.17, 15) is 9.59 Å². The Morgan fingerprint density at radius 3 is 2.62 bits per heavy atom. The average Bonchev–Trinajstić information content (AvgIpc) is 2.63. The Labute approximate surface area is 154 Å². The van der Waals surface area contributed by atoms with E-state index in [4.69, 9.17) is 31.5 Å². The van der Waals surface area contributed by atoms with Crippen LogP contribution in [0, 0.1) is 0 Å². The number of nitrogens with zero attached hydrogens (tertiary/aromatic N) is 1. The fraction of sp³-hybridized carbons (Fsp3) is 0.222. The second-order valence-electron chi connectivity index (χ2n) is 5.97. The Morgan fingerprint density at radius 2 is 1.96 bits per heavy atom. The van der Waals surface area contributed by atoms with Crippen LogP contribution in [-0.2, 0) is 9.53 Å². The molecule has 2 N–H and O–H groups in total. The van der Waals surface area contributed by atoms with Crippen molar-refractivity contribution < 1.29 is 23.8 Å². The topological polar surface area (TPSA) is 91.1 Å². The van der Waals surface area contributed by atoms with E-state index >= 15 is 0 Å². The summed E-state index contributed by atoms with van der Waals surface area (Å²) in [6.45, 7) is 0. The van der Waals surface area contributed by atoms with E-state index in [0.717, 1.165) is 0 Å². The van der Waals surface area contributed by atoms with Crippen molar-refractivity contribution in [3.63, 3.8) is 0 Å². The highest BCUT2D eigenvalue weighted by molar-refractivity contribution is 6.30. The highest BCUT2D eigenvalue weighted by Gasteiger charge is 2.58. The van der Waals surface area contributed by atoms with E-state index < -0.39 is 24.3 Å². The zero-order chi connectivity index (χ0) is 18.4. The molecule has 2 heterocycles. The van der Waals surface area contributed by atoms with Gasteiger partial charge in [0.2, 0.25) is 6.10 Å². The molecule has 0 aromatic heterocycles. The van der Waals surface area contributed by atoms with Gasteiger partial charge in [0, 0.05) is 16.3 Å². The lowest BCUT2D eigenvalue weighted by Crippen LogP contribution is -2.71. The third-order valence-electron chi connectivity index (χ3n) is 4.53. The Hall–Kier alpha value is -2.93. The van der Waals surface area contributed by atoms with Gasteiger partial charge in [-0.3, -0.25) is 9.69 Å². The maximum absolute atomic E-state index is 12.6. The second-order valence-corrected chi connectivity index (χ2v) is 6.41. The number of amides is 2. The summed E-state index contributed by atoms with van der Waals surface area (Å²) in [6, 6.07) is 11.4. The standard InChI is InChI=1S/C18H15ClN2O5/c1-24-11-5-3-10(4-6-11)21-14-15(26-18(20)23)12-8-9(19)2-7-13(12)25-16(14)17(21)22/h2-8,14-16H,1H3,(H2,20,23)/t14-,15+,16+/m1/s1. The van der Waals surface area contributed by atoms with Crippen molar-refractivity contribution in [2.24, 2.45) is 5.73 Å². The summed E-state index contributed by atoms with van der Waals surface area (Å²) in [5.41, 5.74) is 6.47. The van der Waals surface area contributed by atoms with E-state index in [1.54, 1.807) is 49.6 Å². The van der Waals surface area contributed by atoms with Crippen LogP contribution in [0.2, 0.25) is 5.02 Å². The van der Waals surface area contributed by atoms with Crippen LogP contribution >= 0.6 is 11.6 Å². The molecule has 26 heavy (non-hydrogen) atoms. The molecule has 3 atom stereocenters. The van der Waals surface area contributed by atoms with Crippen LogP contribution in [0.15, 0.2) is 42.5 Å². The number of β-lactam (4-membered cyclic amide) rings is 1. The molecule has 0 bridgehead atoms. The van der Waals surface area contributed by atoms with Gasteiger partial charge in [-0.1, -0.05) is 11.6 Å². The zero-order valence-electron chi connectivity index (χ0n) is 13.7. The second kappa shape index (κ2) is 6.10. The summed E-state index contributed by atoms with van der Waals surface area (Å²) in [5.74, 6) is 0.892. The van der Waals surface area contributed by atoms with Crippen LogP contribution in [0.4, 0.5) is 10.5 Å². The molecule has 2 aliphatic heterocycles. The minimum atomic E-state index is -0.935. The molecule has 8 heteroatoms. The molecule has 4 rings (SSSR count). The van der Waals surface area contributed by atoms with Gasteiger partial charge in [-0.15, -0.1) is 0 Å². The van der Waals surface area contributed by atoms with Crippen LogP contribution in [0.25, 0.3) is 0 Å². The third kappa shape index (κ3) is 2.52. The summed E-state index contributed by atoms with van der Waals surface area (Å²) < 4.78 is 16.3. The van der Waals surface area contributed by atoms with E-state index in [2.05, 4.69) is 0 Å². The van der Waals surface area contributed by atoms with Gasteiger partial charge in [0.15, 0.2) is 6.10 Å². The molecule has 1 saturated heterocycles. The molecule has 2 aromatic rings. The Morgan fingerprint density at radius 1 is 1.23 bits per heavy atom. The number of anilines is 1. The summed E-state index contributed by atoms with van der Waals surface area (Å²) in [5, 5.41) is 0.463. The van der Waals surface area contributed by atoms with Crippen molar-refractivity contribution in [1.29, 1.82) is 0 Å². The van der Waals surface area contributed by atoms with Crippen molar-refractivity contribution in [3.05, 3.63) is 53.1 Å². The van der Waals surface area contributed by atoms with Gasteiger partial charge in [-0.05, 0) is 42.5 Å². The maximum atomic E-state index is 12.6. The number of hydrogen-bond acceptors (Lipinski definition) is 5. The van der Waals surface area contributed by atoms with Gasteiger partial charge in [-0.25, -0.2) is 4.79 Å². The lowest BCUT2D eigenvalue weighted by molar-refractivity contribution is -0.141. The molecule has 0 radical (unpaired) electrons. The highest BCUT2D eigenvalue weighted by Crippen LogP contribution is 2.47. The molecule has 0 unspecified atom stereocenters. The van der Waals surface area contributed by atoms with Gasteiger partial charge in [-0.2, -0.15) is 0 Å². The van der Waals surface area contributed by atoms with Gasteiger partial charge >= 0.3 is 6.09 Å². The SMILES string of the molecule is COc1ccc(N2C(=O)[C@H]3Oc4ccc(Cl)cc4[C@H](OC(N)=O)[C@H]32)cc1. The van der Waals surface area contributed by atoms with Crippen molar-refractivity contribution in [1.82, 2.24) is 0 Å². The molecule has 134 valence electrons. The molecule has 7 nitrogen and oxygen atoms in total. The fourth-order valence-electron chi connectivity index (χ4n) is 3.37. The molecule has 2 aliphatic rings. The quantitative estimate of drug-likeness (QED) is 0.834. The first-order valence-corrected chi connectivity index (χ1v) is 8.26. The average molecular weight is 375 g/mol. The highest BCUT2D eigenvalue weighted by atomic mass is 35.5. The van der Waals surface area contributed by atoms with Crippen molar-refractivity contribution in [3.8, 4) is 11.5 Å². The van der Waals surface area contributed by atoms with Crippen LogP contribution in [-0.4, -0.2) is 31.3 Å². The summed E-state index contributed by atoms with van der Waals surface area (Å²) >= 11 is 6.07. The van der Waals surface area contributed by atoms with Crippen LogP contribution in [0.5, 0.6) is 11.5 Å². The first kappa shape index (κ1) is 16.5. The number of carbonyl (C=O) groups excluding carboxylic acids is 2.